The summed E-state index contributed by atoms with van der Waals surface area (Å²) in [6.07, 6.45) is 6.85. The van der Waals surface area contributed by atoms with Crippen molar-refractivity contribution in [3.05, 3.63) is 30.0 Å². The molecule has 0 amide bonds. The van der Waals surface area contributed by atoms with Crippen LogP contribution in [0.3, 0.4) is 0 Å². The van der Waals surface area contributed by atoms with Gasteiger partial charge in [-0.2, -0.15) is 0 Å². The molecule has 2 aromatic rings. The fraction of sp³-hybridized carbons (Fsp3) is 0.529. The second kappa shape index (κ2) is 4.72. The molecule has 2 heterocycles. The first-order valence-electron chi connectivity index (χ1n) is 7.83. The zero-order chi connectivity index (χ0) is 13.5. The van der Waals surface area contributed by atoms with Crippen LogP contribution in [0.1, 0.15) is 37.8 Å². The first-order valence-corrected chi connectivity index (χ1v) is 7.83. The van der Waals surface area contributed by atoms with Gasteiger partial charge in [-0.05, 0) is 44.2 Å². The van der Waals surface area contributed by atoms with Crippen LogP contribution in [0.15, 0.2) is 24.3 Å². The molecule has 0 bridgehead atoms. The molecule has 2 fully saturated rings. The van der Waals surface area contributed by atoms with Gasteiger partial charge in [0.15, 0.2) is 5.82 Å². The smallest absolute Gasteiger partial charge is 0.151 e. The van der Waals surface area contributed by atoms with Crippen LogP contribution in [0.5, 0.6) is 0 Å². The van der Waals surface area contributed by atoms with Gasteiger partial charge in [0.25, 0.3) is 0 Å². The summed E-state index contributed by atoms with van der Waals surface area (Å²) >= 11 is 0. The SMILES string of the molecule is Cc1nc2ccccc2nc1N1CCC2CCCCC21. The van der Waals surface area contributed by atoms with E-state index in [1.807, 2.05) is 18.2 Å². The number of para-hydroxylation sites is 2. The third kappa shape index (κ3) is 1.88. The van der Waals surface area contributed by atoms with E-state index in [2.05, 4.69) is 17.9 Å². The second-order valence-electron chi connectivity index (χ2n) is 6.22. The van der Waals surface area contributed by atoms with Crippen molar-refractivity contribution in [2.24, 2.45) is 5.92 Å². The highest BCUT2D eigenvalue weighted by Crippen LogP contribution is 2.39. The summed E-state index contributed by atoms with van der Waals surface area (Å²) in [7, 11) is 0. The molecule has 20 heavy (non-hydrogen) atoms. The van der Waals surface area contributed by atoms with Crippen LogP contribution in [-0.4, -0.2) is 22.6 Å². The Bertz CT molecular complexity index is 637. The van der Waals surface area contributed by atoms with Crippen molar-refractivity contribution in [3.8, 4) is 0 Å². The van der Waals surface area contributed by atoms with Crippen molar-refractivity contribution < 1.29 is 0 Å². The van der Waals surface area contributed by atoms with Crippen LogP contribution in [0.25, 0.3) is 11.0 Å². The summed E-state index contributed by atoms with van der Waals surface area (Å²) in [6.45, 7) is 3.26. The number of aromatic nitrogens is 2. The largest absolute Gasteiger partial charge is 0.352 e. The molecule has 104 valence electrons. The Kier molecular flexibility index (Phi) is 2.86. The lowest BCUT2D eigenvalue weighted by Crippen LogP contribution is -2.35. The molecular weight excluding hydrogens is 246 g/mol. The van der Waals surface area contributed by atoms with Crippen LogP contribution < -0.4 is 4.90 Å². The number of fused-ring (bicyclic) bond motifs is 2. The Morgan fingerprint density at radius 2 is 1.75 bits per heavy atom. The van der Waals surface area contributed by atoms with E-state index in [0.717, 1.165) is 35.0 Å². The lowest BCUT2D eigenvalue weighted by molar-refractivity contribution is 0.341. The third-order valence-electron chi connectivity index (χ3n) is 5.00. The van der Waals surface area contributed by atoms with Crippen molar-refractivity contribution >= 4 is 16.9 Å². The van der Waals surface area contributed by atoms with Gasteiger partial charge < -0.3 is 4.90 Å². The first kappa shape index (κ1) is 12.1. The minimum absolute atomic E-state index is 0.706. The fourth-order valence-corrected chi connectivity index (χ4v) is 4.02. The molecule has 0 N–H and O–H groups in total. The lowest BCUT2D eigenvalue weighted by atomic mass is 9.85. The van der Waals surface area contributed by atoms with Crippen molar-refractivity contribution in [1.29, 1.82) is 0 Å². The number of nitrogens with zero attached hydrogens (tertiary/aromatic N) is 3. The highest BCUT2D eigenvalue weighted by molar-refractivity contribution is 5.76. The number of hydrogen-bond donors (Lipinski definition) is 0. The van der Waals surface area contributed by atoms with Crippen molar-refractivity contribution in [3.63, 3.8) is 0 Å². The summed E-state index contributed by atoms with van der Waals surface area (Å²) in [4.78, 5) is 12.2. The van der Waals surface area contributed by atoms with Gasteiger partial charge in [0.2, 0.25) is 0 Å². The standard InChI is InChI=1S/C17H21N3/c1-12-17(19-15-8-4-3-7-14(15)18-12)20-11-10-13-6-2-5-9-16(13)20/h3-4,7-8,13,16H,2,5-6,9-11H2,1H3. The Morgan fingerprint density at radius 3 is 2.60 bits per heavy atom. The quantitative estimate of drug-likeness (QED) is 0.788. The molecule has 4 rings (SSSR count). The van der Waals surface area contributed by atoms with Crippen LogP contribution >= 0.6 is 0 Å². The zero-order valence-corrected chi connectivity index (χ0v) is 12.0. The van der Waals surface area contributed by atoms with E-state index in [1.165, 1.54) is 32.1 Å². The average Bonchev–Trinajstić information content (AvgIpc) is 2.90. The van der Waals surface area contributed by atoms with Gasteiger partial charge in [0.1, 0.15) is 0 Å². The van der Waals surface area contributed by atoms with Crippen molar-refractivity contribution in [2.75, 3.05) is 11.4 Å². The molecule has 1 aromatic carbocycles. The Labute approximate surface area is 120 Å². The number of rotatable bonds is 1. The molecule has 2 aliphatic rings. The highest BCUT2D eigenvalue weighted by atomic mass is 15.2. The molecule has 1 aliphatic heterocycles. The van der Waals surface area contributed by atoms with E-state index < -0.39 is 0 Å². The molecule has 2 unspecified atom stereocenters. The summed E-state index contributed by atoms with van der Waals surface area (Å²) in [5.41, 5.74) is 3.11. The molecule has 3 heteroatoms. The molecule has 0 radical (unpaired) electrons. The number of hydrogen-bond acceptors (Lipinski definition) is 3. The van der Waals surface area contributed by atoms with Gasteiger partial charge in [-0.3, -0.25) is 0 Å². The zero-order valence-electron chi connectivity index (χ0n) is 12.0. The minimum Gasteiger partial charge on any atom is -0.352 e. The molecule has 2 atom stereocenters. The topological polar surface area (TPSA) is 29.0 Å². The molecule has 1 saturated carbocycles. The number of benzene rings is 1. The average molecular weight is 267 g/mol. The second-order valence-corrected chi connectivity index (χ2v) is 6.22. The maximum Gasteiger partial charge on any atom is 0.151 e. The predicted octanol–water partition coefficient (Wildman–Crippen LogP) is 3.71. The van der Waals surface area contributed by atoms with Gasteiger partial charge in [0, 0.05) is 12.6 Å². The van der Waals surface area contributed by atoms with E-state index in [9.17, 15) is 0 Å². The van der Waals surface area contributed by atoms with Crippen molar-refractivity contribution in [2.45, 2.75) is 45.1 Å². The van der Waals surface area contributed by atoms with Crippen LogP contribution in [0.2, 0.25) is 0 Å². The maximum atomic E-state index is 4.91. The third-order valence-corrected chi connectivity index (χ3v) is 5.00. The van der Waals surface area contributed by atoms with Crippen molar-refractivity contribution in [1.82, 2.24) is 9.97 Å². The van der Waals surface area contributed by atoms with Gasteiger partial charge in [-0.25, -0.2) is 9.97 Å². The van der Waals surface area contributed by atoms with E-state index in [4.69, 9.17) is 9.97 Å². The molecule has 1 aliphatic carbocycles. The molecular formula is C17H21N3. The Hall–Kier alpha value is -1.64. The normalized spacial score (nSPS) is 25.9. The predicted molar refractivity (Wildman–Crippen MR) is 82.0 cm³/mol. The molecule has 0 spiro atoms. The number of anilines is 1. The van der Waals surface area contributed by atoms with Gasteiger partial charge in [-0.1, -0.05) is 25.0 Å². The molecule has 1 saturated heterocycles. The summed E-state index contributed by atoms with van der Waals surface area (Å²) in [6, 6.07) is 8.90. The van der Waals surface area contributed by atoms with E-state index in [0.29, 0.717) is 6.04 Å². The van der Waals surface area contributed by atoms with E-state index >= 15 is 0 Å². The monoisotopic (exact) mass is 267 g/mol. The van der Waals surface area contributed by atoms with Crippen LogP contribution in [0, 0.1) is 12.8 Å². The van der Waals surface area contributed by atoms with Gasteiger partial charge in [-0.15, -0.1) is 0 Å². The molecule has 3 nitrogen and oxygen atoms in total. The van der Waals surface area contributed by atoms with Gasteiger partial charge in [0.05, 0.1) is 16.7 Å². The van der Waals surface area contributed by atoms with Crippen LogP contribution in [0.4, 0.5) is 5.82 Å². The summed E-state index contributed by atoms with van der Waals surface area (Å²) in [5.74, 6) is 2.01. The summed E-state index contributed by atoms with van der Waals surface area (Å²) < 4.78 is 0. The Morgan fingerprint density at radius 1 is 1.00 bits per heavy atom. The summed E-state index contributed by atoms with van der Waals surface area (Å²) in [5, 5.41) is 0. The first-order chi connectivity index (χ1) is 9.83. The van der Waals surface area contributed by atoms with Crippen LogP contribution in [-0.2, 0) is 0 Å². The lowest BCUT2D eigenvalue weighted by Gasteiger charge is -2.33. The fourth-order valence-electron chi connectivity index (χ4n) is 4.02. The molecule has 1 aromatic heterocycles. The maximum absolute atomic E-state index is 4.91. The number of aryl methyl sites for hydroxylation is 1. The minimum atomic E-state index is 0.706. The van der Waals surface area contributed by atoms with Gasteiger partial charge >= 0.3 is 0 Å². The van der Waals surface area contributed by atoms with E-state index in [-0.39, 0.29) is 0 Å². The highest BCUT2D eigenvalue weighted by Gasteiger charge is 2.37. The Balaban J connectivity index is 1.76. The van der Waals surface area contributed by atoms with E-state index in [1.54, 1.807) is 0 Å².